The summed E-state index contributed by atoms with van der Waals surface area (Å²) in [6, 6.07) is 28.3. The van der Waals surface area contributed by atoms with E-state index in [9.17, 15) is 19.2 Å². The summed E-state index contributed by atoms with van der Waals surface area (Å²) in [6.07, 6.45) is 0. The predicted octanol–water partition coefficient (Wildman–Crippen LogP) is 5.95. The van der Waals surface area contributed by atoms with Gasteiger partial charge in [0.2, 0.25) is 0 Å². The van der Waals surface area contributed by atoms with E-state index in [4.69, 9.17) is 16.3 Å². The van der Waals surface area contributed by atoms with Gasteiger partial charge in [-0.05, 0) is 78.9 Å². The Labute approximate surface area is 239 Å². The smallest absolute Gasteiger partial charge is 0.337 e. The largest absolute Gasteiger partial charge is 0.465 e. The molecule has 0 bridgehead atoms. The van der Waals surface area contributed by atoms with Gasteiger partial charge >= 0.3 is 5.97 Å². The van der Waals surface area contributed by atoms with Crippen molar-refractivity contribution in [2.45, 2.75) is 0 Å². The number of carbonyl (C=O) groups is 4. The number of imide groups is 1. The van der Waals surface area contributed by atoms with Crippen LogP contribution in [0.15, 0.2) is 114 Å². The number of benzene rings is 4. The van der Waals surface area contributed by atoms with Crippen molar-refractivity contribution in [1.29, 1.82) is 0 Å². The summed E-state index contributed by atoms with van der Waals surface area (Å²) in [5.74, 6) is -1.05. The minimum absolute atomic E-state index is 0.114. The highest BCUT2D eigenvalue weighted by atomic mass is 35.5. The number of para-hydroxylation sites is 1. The van der Waals surface area contributed by atoms with Crippen molar-refractivity contribution in [2.24, 2.45) is 0 Å². The van der Waals surface area contributed by atoms with E-state index in [-0.39, 0.29) is 16.3 Å². The van der Waals surface area contributed by atoms with Crippen LogP contribution in [0.1, 0.15) is 20.7 Å². The van der Waals surface area contributed by atoms with Gasteiger partial charge in [0.15, 0.2) is 0 Å². The van der Waals surface area contributed by atoms with Gasteiger partial charge in [0.1, 0.15) is 22.2 Å². The number of halogens is 1. The number of amides is 3. The number of rotatable bonds is 8. The summed E-state index contributed by atoms with van der Waals surface area (Å²) in [5, 5.41) is 5.34. The second-order valence-corrected chi connectivity index (χ2v) is 9.15. The van der Waals surface area contributed by atoms with Crippen molar-refractivity contribution in [1.82, 2.24) is 0 Å². The SMILES string of the molecule is COC(=O)c1ccc(NC(=O)c2cccc(NC3=C(Cl)C(=O)N(c4ccc(Oc5ccccc5)cc4)C3=O)c2)cc1. The average molecular weight is 568 g/mol. The fourth-order valence-electron chi connectivity index (χ4n) is 4.03. The van der Waals surface area contributed by atoms with Crippen molar-refractivity contribution in [3.63, 3.8) is 0 Å². The first-order chi connectivity index (χ1) is 19.8. The summed E-state index contributed by atoms with van der Waals surface area (Å²) in [7, 11) is 1.29. The van der Waals surface area contributed by atoms with Crippen LogP contribution in [0.5, 0.6) is 11.5 Å². The molecule has 0 fully saturated rings. The maximum absolute atomic E-state index is 13.2. The average Bonchev–Trinajstić information content (AvgIpc) is 3.21. The van der Waals surface area contributed by atoms with Gasteiger partial charge in [-0.1, -0.05) is 35.9 Å². The number of esters is 1. The molecule has 4 aromatic rings. The van der Waals surface area contributed by atoms with E-state index in [1.807, 2.05) is 30.3 Å². The van der Waals surface area contributed by atoms with Crippen LogP contribution >= 0.6 is 11.6 Å². The predicted molar refractivity (Wildman–Crippen MR) is 154 cm³/mol. The number of nitrogens with zero attached hydrogens (tertiary/aromatic N) is 1. The Morgan fingerprint density at radius 2 is 1.41 bits per heavy atom. The van der Waals surface area contributed by atoms with Gasteiger partial charge in [-0.15, -0.1) is 0 Å². The van der Waals surface area contributed by atoms with E-state index >= 15 is 0 Å². The van der Waals surface area contributed by atoms with Crippen LogP contribution in [0.3, 0.4) is 0 Å². The quantitative estimate of drug-likeness (QED) is 0.200. The number of anilines is 3. The van der Waals surface area contributed by atoms with Crippen LogP contribution in [-0.2, 0) is 14.3 Å². The molecule has 0 unspecified atom stereocenters. The number of ether oxygens (including phenoxy) is 2. The van der Waals surface area contributed by atoms with Crippen molar-refractivity contribution < 1.29 is 28.7 Å². The Balaban J connectivity index is 1.27. The lowest BCUT2D eigenvalue weighted by Crippen LogP contribution is -2.32. The third-order valence-corrected chi connectivity index (χ3v) is 6.41. The number of hydrogen-bond donors (Lipinski definition) is 2. The molecule has 1 aliphatic rings. The van der Waals surface area contributed by atoms with Gasteiger partial charge in [-0.25, -0.2) is 9.69 Å². The Kier molecular flexibility index (Phi) is 7.80. The standard InChI is InChI=1S/C31H22ClN3O6/c1-40-31(39)19-10-12-21(13-11-19)34-28(36)20-6-5-7-22(18-20)33-27-26(32)29(37)35(30(27)38)23-14-16-25(17-15-23)41-24-8-3-2-4-9-24/h2-18,33H,1H3,(H,34,36). The van der Waals surface area contributed by atoms with Gasteiger partial charge in [-0.2, -0.15) is 0 Å². The van der Waals surface area contributed by atoms with Gasteiger partial charge in [0.25, 0.3) is 17.7 Å². The van der Waals surface area contributed by atoms with Crippen LogP contribution in [0.4, 0.5) is 17.1 Å². The van der Waals surface area contributed by atoms with Crippen molar-refractivity contribution in [3.8, 4) is 11.5 Å². The normalized spacial score (nSPS) is 12.8. The third-order valence-electron chi connectivity index (χ3n) is 6.06. The Bertz CT molecular complexity index is 1670. The molecule has 5 rings (SSSR count). The van der Waals surface area contributed by atoms with Gasteiger partial charge < -0.3 is 20.1 Å². The van der Waals surface area contributed by atoms with E-state index in [0.29, 0.717) is 34.1 Å². The summed E-state index contributed by atoms with van der Waals surface area (Å²) >= 11 is 6.28. The van der Waals surface area contributed by atoms with E-state index in [0.717, 1.165) is 4.90 Å². The molecule has 0 spiro atoms. The van der Waals surface area contributed by atoms with Gasteiger partial charge in [0, 0.05) is 16.9 Å². The Morgan fingerprint density at radius 1 is 0.732 bits per heavy atom. The molecule has 0 radical (unpaired) electrons. The molecule has 9 nitrogen and oxygen atoms in total. The fourth-order valence-corrected chi connectivity index (χ4v) is 4.24. The molecule has 204 valence electrons. The maximum Gasteiger partial charge on any atom is 0.337 e. The molecule has 0 saturated carbocycles. The lowest BCUT2D eigenvalue weighted by molar-refractivity contribution is -0.120. The van der Waals surface area contributed by atoms with Crippen molar-refractivity contribution >= 4 is 52.4 Å². The maximum atomic E-state index is 13.2. The minimum atomic E-state index is -0.680. The first kappa shape index (κ1) is 27.2. The van der Waals surface area contributed by atoms with Crippen molar-refractivity contribution in [2.75, 3.05) is 22.6 Å². The molecule has 10 heteroatoms. The summed E-state index contributed by atoms with van der Waals surface area (Å²) in [4.78, 5) is 51.5. The Morgan fingerprint density at radius 3 is 2.10 bits per heavy atom. The minimum Gasteiger partial charge on any atom is -0.465 e. The molecule has 2 N–H and O–H groups in total. The van der Waals surface area contributed by atoms with Crippen LogP contribution in [-0.4, -0.2) is 30.8 Å². The summed E-state index contributed by atoms with van der Waals surface area (Å²) < 4.78 is 10.4. The molecule has 1 heterocycles. The molecule has 4 aromatic carbocycles. The number of hydrogen-bond acceptors (Lipinski definition) is 7. The second kappa shape index (κ2) is 11.8. The van der Waals surface area contributed by atoms with E-state index in [1.165, 1.54) is 25.3 Å². The van der Waals surface area contributed by atoms with E-state index in [2.05, 4.69) is 15.4 Å². The lowest BCUT2D eigenvalue weighted by atomic mass is 10.1. The first-order valence-electron chi connectivity index (χ1n) is 12.3. The van der Waals surface area contributed by atoms with E-state index in [1.54, 1.807) is 54.6 Å². The highest BCUT2D eigenvalue weighted by molar-refractivity contribution is 6.53. The molecule has 0 atom stereocenters. The van der Waals surface area contributed by atoms with Gasteiger partial charge in [0.05, 0.1) is 18.4 Å². The van der Waals surface area contributed by atoms with Crippen molar-refractivity contribution in [3.05, 3.63) is 125 Å². The zero-order valence-electron chi connectivity index (χ0n) is 21.6. The molecule has 41 heavy (non-hydrogen) atoms. The highest BCUT2D eigenvalue weighted by Gasteiger charge is 2.39. The topological polar surface area (TPSA) is 114 Å². The number of methoxy groups -OCH3 is 1. The second-order valence-electron chi connectivity index (χ2n) is 8.77. The van der Waals surface area contributed by atoms with Crippen LogP contribution in [0.2, 0.25) is 0 Å². The molecule has 3 amide bonds. The zero-order chi connectivity index (χ0) is 28.9. The summed E-state index contributed by atoms with van der Waals surface area (Å²) in [5.41, 5.74) is 1.69. The molecular formula is C31H22ClN3O6. The van der Waals surface area contributed by atoms with E-state index < -0.39 is 23.7 Å². The molecule has 0 aliphatic carbocycles. The highest BCUT2D eigenvalue weighted by Crippen LogP contribution is 2.32. The Hall–Kier alpha value is -5.41. The third kappa shape index (κ3) is 5.95. The number of carbonyl (C=O) groups excluding carboxylic acids is 4. The molecule has 1 aliphatic heterocycles. The fraction of sp³-hybridized carbons (Fsp3) is 0.0323. The number of nitrogens with one attached hydrogen (secondary N) is 2. The zero-order valence-corrected chi connectivity index (χ0v) is 22.3. The molecule has 0 aromatic heterocycles. The summed E-state index contributed by atoms with van der Waals surface area (Å²) in [6.45, 7) is 0. The van der Waals surface area contributed by atoms with Crippen LogP contribution < -0.4 is 20.3 Å². The monoisotopic (exact) mass is 567 g/mol. The molecule has 0 saturated heterocycles. The lowest BCUT2D eigenvalue weighted by Gasteiger charge is -2.16. The first-order valence-corrected chi connectivity index (χ1v) is 12.7. The molecular weight excluding hydrogens is 546 g/mol. The van der Waals surface area contributed by atoms with Gasteiger partial charge in [-0.3, -0.25) is 14.4 Å². The van der Waals surface area contributed by atoms with Crippen LogP contribution in [0.25, 0.3) is 0 Å². The van der Waals surface area contributed by atoms with Crippen LogP contribution in [0, 0.1) is 0 Å².